The van der Waals surface area contributed by atoms with Crippen LogP contribution in [0.25, 0.3) is 0 Å². The van der Waals surface area contributed by atoms with Crippen LogP contribution in [0.4, 0.5) is 4.39 Å². The third-order valence-corrected chi connectivity index (χ3v) is 8.20. The maximum Gasteiger partial charge on any atom is 0.215 e. The summed E-state index contributed by atoms with van der Waals surface area (Å²) in [4.78, 5) is 0. The van der Waals surface area contributed by atoms with Crippen molar-refractivity contribution in [2.45, 2.75) is 63.5 Å². The Kier molecular flexibility index (Phi) is 8.89. The summed E-state index contributed by atoms with van der Waals surface area (Å²) < 4.78 is 33.9. The molecule has 0 radical (unpaired) electrons. The molecule has 208 valence electrons. The van der Waals surface area contributed by atoms with Gasteiger partial charge in [-0.2, -0.15) is 0 Å². The zero-order valence-corrected chi connectivity index (χ0v) is 23.6. The Morgan fingerprint density at radius 1 is 1.00 bits per heavy atom. The van der Waals surface area contributed by atoms with Gasteiger partial charge >= 0.3 is 0 Å². The molecule has 5 rings (SSSR count). The summed E-state index contributed by atoms with van der Waals surface area (Å²) in [6.45, 7) is 7.77. The highest BCUT2D eigenvalue weighted by atomic mass is 35.5. The van der Waals surface area contributed by atoms with Crippen molar-refractivity contribution in [2.24, 2.45) is 0 Å². The van der Waals surface area contributed by atoms with Crippen molar-refractivity contribution in [2.75, 3.05) is 26.3 Å². The number of hydrogen-bond acceptors (Lipinski definition) is 5. The van der Waals surface area contributed by atoms with Gasteiger partial charge < -0.3 is 14.2 Å². The van der Waals surface area contributed by atoms with Gasteiger partial charge in [-0.3, -0.25) is 0 Å². The average molecular weight is 553 g/mol. The van der Waals surface area contributed by atoms with E-state index in [0.717, 1.165) is 50.2 Å². The summed E-state index contributed by atoms with van der Waals surface area (Å²) in [5.74, 6) is -0.601. The third kappa shape index (κ3) is 5.72. The van der Waals surface area contributed by atoms with Crippen LogP contribution in [0.3, 0.4) is 0 Å². The van der Waals surface area contributed by atoms with Gasteiger partial charge in [0, 0.05) is 36.6 Å². The Labute approximate surface area is 236 Å². The number of benzene rings is 3. The van der Waals surface area contributed by atoms with Gasteiger partial charge in [-0.1, -0.05) is 74.0 Å². The Bertz CT molecular complexity index is 1210. The normalized spacial score (nSPS) is 23.3. The Hall–Kier alpha value is -2.48. The van der Waals surface area contributed by atoms with Gasteiger partial charge in [0.1, 0.15) is 17.7 Å². The number of halogens is 2. The molecule has 7 heteroatoms. The third-order valence-electron chi connectivity index (χ3n) is 7.97. The SMILES string of the molecule is CCCN(Cc1ccccc1)N1CCC(Oc2cccc(Cl)c2)CC1(CC)C1(c2ccc(F)cc2)OCCO1. The van der Waals surface area contributed by atoms with Gasteiger partial charge in [-0.25, -0.2) is 14.4 Å². The molecule has 0 N–H and O–H groups in total. The summed E-state index contributed by atoms with van der Waals surface area (Å²) in [5, 5.41) is 5.58. The number of piperidine rings is 1. The molecule has 3 aromatic rings. The molecule has 2 saturated heterocycles. The topological polar surface area (TPSA) is 34.2 Å². The number of rotatable bonds is 10. The second-order valence-electron chi connectivity index (χ2n) is 10.4. The molecule has 2 fully saturated rings. The van der Waals surface area contributed by atoms with Crippen molar-refractivity contribution in [3.05, 3.63) is 101 Å². The van der Waals surface area contributed by atoms with Crippen molar-refractivity contribution in [3.63, 3.8) is 0 Å². The Morgan fingerprint density at radius 3 is 2.41 bits per heavy atom. The van der Waals surface area contributed by atoms with Crippen LogP contribution in [-0.4, -0.2) is 48.0 Å². The zero-order chi connectivity index (χ0) is 27.3. The van der Waals surface area contributed by atoms with Gasteiger partial charge in [0.25, 0.3) is 0 Å². The number of nitrogens with zero attached hydrogens (tertiary/aromatic N) is 2. The van der Waals surface area contributed by atoms with Gasteiger partial charge in [-0.05, 0) is 55.2 Å². The van der Waals surface area contributed by atoms with Crippen molar-refractivity contribution in [1.82, 2.24) is 10.0 Å². The zero-order valence-electron chi connectivity index (χ0n) is 22.8. The van der Waals surface area contributed by atoms with Crippen LogP contribution in [0, 0.1) is 5.82 Å². The molecule has 0 spiro atoms. The highest BCUT2D eigenvalue weighted by molar-refractivity contribution is 6.30. The molecule has 39 heavy (non-hydrogen) atoms. The van der Waals surface area contributed by atoms with Crippen LogP contribution < -0.4 is 4.74 Å². The molecule has 2 heterocycles. The number of hydrazine groups is 1. The molecule has 0 aromatic heterocycles. The van der Waals surface area contributed by atoms with Crippen LogP contribution >= 0.6 is 11.6 Å². The highest BCUT2D eigenvalue weighted by Gasteiger charge is 2.62. The summed E-state index contributed by atoms with van der Waals surface area (Å²) in [6, 6.07) is 24.7. The molecular weight excluding hydrogens is 515 g/mol. The van der Waals surface area contributed by atoms with Crippen molar-refractivity contribution in [3.8, 4) is 5.75 Å². The molecular formula is C32H38ClFN2O3. The van der Waals surface area contributed by atoms with Crippen LogP contribution in [0.1, 0.15) is 50.7 Å². The van der Waals surface area contributed by atoms with E-state index < -0.39 is 11.3 Å². The van der Waals surface area contributed by atoms with E-state index in [9.17, 15) is 4.39 Å². The fourth-order valence-electron chi connectivity index (χ4n) is 6.30. The monoisotopic (exact) mass is 552 g/mol. The Balaban J connectivity index is 1.58. The predicted octanol–water partition coefficient (Wildman–Crippen LogP) is 7.20. The van der Waals surface area contributed by atoms with Crippen molar-refractivity contribution >= 4 is 11.6 Å². The van der Waals surface area contributed by atoms with E-state index >= 15 is 0 Å². The smallest absolute Gasteiger partial charge is 0.215 e. The number of hydrogen-bond donors (Lipinski definition) is 0. The van der Waals surface area contributed by atoms with Crippen LogP contribution in [-0.2, 0) is 21.8 Å². The number of ether oxygens (including phenoxy) is 3. The lowest BCUT2D eigenvalue weighted by Gasteiger charge is -2.59. The summed E-state index contributed by atoms with van der Waals surface area (Å²) in [6.07, 6.45) is 3.17. The van der Waals surface area contributed by atoms with Gasteiger partial charge in [0.15, 0.2) is 0 Å². The molecule has 0 amide bonds. The van der Waals surface area contributed by atoms with E-state index in [1.807, 2.05) is 30.3 Å². The lowest BCUT2D eigenvalue weighted by molar-refractivity contribution is -0.309. The molecule has 5 nitrogen and oxygen atoms in total. The second kappa shape index (κ2) is 12.4. The van der Waals surface area contributed by atoms with E-state index in [2.05, 4.69) is 48.1 Å². The molecule has 0 saturated carbocycles. The largest absolute Gasteiger partial charge is 0.490 e. The quantitative estimate of drug-likeness (QED) is 0.266. The lowest BCUT2D eigenvalue weighted by atomic mass is 9.73. The van der Waals surface area contributed by atoms with Crippen LogP contribution in [0.2, 0.25) is 5.02 Å². The first-order valence-electron chi connectivity index (χ1n) is 14.0. The maximum atomic E-state index is 14.1. The van der Waals surface area contributed by atoms with E-state index in [1.54, 1.807) is 12.1 Å². The van der Waals surface area contributed by atoms with Crippen LogP contribution in [0.5, 0.6) is 5.75 Å². The minimum Gasteiger partial charge on any atom is -0.490 e. The summed E-state index contributed by atoms with van der Waals surface area (Å²) >= 11 is 6.28. The first-order chi connectivity index (χ1) is 19.0. The van der Waals surface area contributed by atoms with Gasteiger partial charge in [0.2, 0.25) is 5.79 Å². The molecule has 2 unspecified atom stereocenters. The molecule has 2 aliphatic heterocycles. The Morgan fingerprint density at radius 2 is 1.74 bits per heavy atom. The molecule has 2 aliphatic rings. The summed E-state index contributed by atoms with van der Waals surface area (Å²) in [7, 11) is 0. The first-order valence-corrected chi connectivity index (χ1v) is 14.4. The average Bonchev–Trinajstić information content (AvgIpc) is 3.45. The molecule has 2 atom stereocenters. The summed E-state index contributed by atoms with van der Waals surface area (Å²) in [5.41, 5.74) is 1.47. The van der Waals surface area contributed by atoms with Crippen molar-refractivity contribution < 1.29 is 18.6 Å². The fourth-order valence-corrected chi connectivity index (χ4v) is 6.48. The van der Waals surface area contributed by atoms with E-state index in [1.165, 1.54) is 17.7 Å². The molecule has 0 bridgehead atoms. The maximum absolute atomic E-state index is 14.1. The molecule has 3 aromatic carbocycles. The predicted molar refractivity (Wildman–Crippen MR) is 152 cm³/mol. The fraction of sp³-hybridized carbons (Fsp3) is 0.438. The van der Waals surface area contributed by atoms with Crippen molar-refractivity contribution in [1.29, 1.82) is 0 Å². The van der Waals surface area contributed by atoms with Gasteiger partial charge in [-0.15, -0.1) is 0 Å². The van der Waals surface area contributed by atoms with E-state index in [-0.39, 0.29) is 11.9 Å². The van der Waals surface area contributed by atoms with E-state index in [0.29, 0.717) is 24.7 Å². The van der Waals surface area contributed by atoms with Crippen LogP contribution in [0.15, 0.2) is 78.9 Å². The minimum absolute atomic E-state index is 0.0787. The lowest BCUT2D eigenvalue weighted by Crippen LogP contribution is -2.71. The standard InChI is InChI=1S/C32H38ClFN2O3/c1-3-18-35(24-25-9-6-5-7-10-25)36-19-17-30(39-29-12-8-11-27(33)22-29)23-31(36,4-2)32(37-20-21-38-32)26-13-15-28(34)16-14-26/h5-16,22,30H,3-4,17-21,23-24H2,1-2H3. The van der Waals surface area contributed by atoms with Gasteiger partial charge in [0.05, 0.1) is 18.8 Å². The van der Waals surface area contributed by atoms with E-state index in [4.69, 9.17) is 25.8 Å². The highest BCUT2D eigenvalue weighted by Crippen LogP contribution is 2.52. The first kappa shape index (κ1) is 28.1. The minimum atomic E-state index is -1.07. The molecule has 0 aliphatic carbocycles. The second-order valence-corrected chi connectivity index (χ2v) is 10.8.